The number of nitrogens with one attached hydrogen (secondary N) is 1. The Balaban J connectivity index is 1.67. The first-order valence-corrected chi connectivity index (χ1v) is 10.8. The third-order valence-corrected chi connectivity index (χ3v) is 6.32. The van der Waals surface area contributed by atoms with Crippen LogP contribution in [0.25, 0.3) is 5.57 Å². The lowest BCUT2D eigenvalue weighted by Gasteiger charge is -2.18. The molecule has 1 saturated heterocycles. The number of benzene rings is 2. The van der Waals surface area contributed by atoms with Crippen LogP contribution in [0.4, 0.5) is 15.8 Å². The second kappa shape index (κ2) is 8.24. The first-order valence-electron chi connectivity index (χ1n) is 9.55. The van der Waals surface area contributed by atoms with E-state index >= 15 is 0 Å². The summed E-state index contributed by atoms with van der Waals surface area (Å²) in [7, 11) is 0. The van der Waals surface area contributed by atoms with Crippen molar-refractivity contribution in [3.05, 3.63) is 64.8 Å². The maximum atomic E-state index is 13.9. The highest BCUT2D eigenvalue weighted by atomic mass is 32.2. The van der Waals surface area contributed by atoms with Gasteiger partial charge in [0.05, 0.1) is 21.9 Å². The van der Waals surface area contributed by atoms with Crippen LogP contribution >= 0.6 is 24.0 Å². The third kappa shape index (κ3) is 3.75. The molecule has 2 aliphatic heterocycles. The summed E-state index contributed by atoms with van der Waals surface area (Å²) in [6.07, 6.45) is 0. The molecular formula is C22H18FN3O3S2. The van der Waals surface area contributed by atoms with Gasteiger partial charge in [0.15, 0.2) is 0 Å². The van der Waals surface area contributed by atoms with Crippen molar-refractivity contribution in [2.75, 3.05) is 16.8 Å². The van der Waals surface area contributed by atoms with Crippen LogP contribution in [0, 0.1) is 5.82 Å². The predicted molar refractivity (Wildman–Crippen MR) is 123 cm³/mol. The number of carbonyl (C=O) groups is 3. The van der Waals surface area contributed by atoms with E-state index < -0.39 is 17.6 Å². The Morgan fingerprint density at radius 2 is 1.77 bits per heavy atom. The average Bonchev–Trinajstić information content (AvgIpc) is 3.16. The number of para-hydroxylation sites is 2. The van der Waals surface area contributed by atoms with Crippen molar-refractivity contribution in [1.82, 2.24) is 4.90 Å². The first-order chi connectivity index (χ1) is 14.8. The van der Waals surface area contributed by atoms with Gasteiger partial charge < -0.3 is 5.32 Å². The SMILES string of the molecule is CC(C)N1C(=O)C(=C2C(=O)N(CC(=O)Nc3ccccc3F)c3ccccc32)SC1=S. The van der Waals surface area contributed by atoms with Crippen LogP contribution in [0.1, 0.15) is 19.4 Å². The number of rotatable bonds is 4. The van der Waals surface area contributed by atoms with Gasteiger partial charge in [-0.15, -0.1) is 0 Å². The molecule has 0 saturated carbocycles. The molecule has 2 aromatic rings. The highest BCUT2D eigenvalue weighted by Gasteiger charge is 2.43. The Morgan fingerprint density at radius 1 is 1.10 bits per heavy atom. The Labute approximate surface area is 188 Å². The molecule has 0 atom stereocenters. The zero-order valence-corrected chi connectivity index (χ0v) is 18.3. The molecule has 158 valence electrons. The molecule has 0 aliphatic carbocycles. The highest BCUT2D eigenvalue weighted by molar-refractivity contribution is 8.26. The Bertz CT molecular complexity index is 1160. The van der Waals surface area contributed by atoms with Crippen molar-refractivity contribution in [3.63, 3.8) is 0 Å². The second-order valence-electron chi connectivity index (χ2n) is 7.28. The topological polar surface area (TPSA) is 69.7 Å². The van der Waals surface area contributed by atoms with Gasteiger partial charge in [0, 0.05) is 11.6 Å². The van der Waals surface area contributed by atoms with E-state index in [0.29, 0.717) is 15.6 Å². The zero-order valence-electron chi connectivity index (χ0n) is 16.7. The molecule has 2 heterocycles. The molecule has 0 aromatic heterocycles. The fraction of sp³-hybridized carbons (Fsp3) is 0.182. The maximum Gasteiger partial charge on any atom is 0.267 e. The number of hydrogen-bond acceptors (Lipinski definition) is 5. The van der Waals surface area contributed by atoms with Crippen LogP contribution in [-0.2, 0) is 14.4 Å². The number of nitrogens with zero attached hydrogens (tertiary/aromatic N) is 2. The number of thiocarbonyl (C=S) groups is 1. The van der Waals surface area contributed by atoms with Crippen molar-refractivity contribution in [3.8, 4) is 0 Å². The monoisotopic (exact) mass is 455 g/mol. The van der Waals surface area contributed by atoms with Crippen LogP contribution in [0.15, 0.2) is 53.4 Å². The van der Waals surface area contributed by atoms with Gasteiger partial charge in [-0.3, -0.25) is 24.2 Å². The van der Waals surface area contributed by atoms with E-state index in [4.69, 9.17) is 12.2 Å². The summed E-state index contributed by atoms with van der Waals surface area (Å²) >= 11 is 6.43. The summed E-state index contributed by atoms with van der Waals surface area (Å²) in [6, 6.07) is 12.6. The minimum absolute atomic E-state index is 0.0328. The molecule has 0 bridgehead atoms. The van der Waals surface area contributed by atoms with E-state index in [1.807, 2.05) is 13.8 Å². The van der Waals surface area contributed by atoms with Gasteiger partial charge in [-0.25, -0.2) is 4.39 Å². The zero-order chi connectivity index (χ0) is 22.3. The van der Waals surface area contributed by atoms with Crippen LogP contribution < -0.4 is 10.2 Å². The molecular weight excluding hydrogens is 437 g/mol. The van der Waals surface area contributed by atoms with Crippen LogP contribution in [0.3, 0.4) is 0 Å². The van der Waals surface area contributed by atoms with E-state index in [2.05, 4.69) is 5.32 Å². The Kier molecular flexibility index (Phi) is 5.63. The van der Waals surface area contributed by atoms with Gasteiger partial charge in [0.2, 0.25) is 5.91 Å². The molecule has 0 radical (unpaired) electrons. The molecule has 31 heavy (non-hydrogen) atoms. The average molecular weight is 456 g/mol. The summed E-state index contributed by atoms with van der Waals surface area (Å²) in [5.74, 6) is -1.90. The lowest BCUT2D eigenvalue weighted by Crippen LogP contribution is -2.36. The number of thioether (sulfide) groups is 1. The predicted octanol–water partition coefficient (Wildman–Crippen LogP) is 3.79. The van der Waals surface area contributed by atoms with Gasteiger partial charge in [0.25, 0.3) is 11.8 Å². The van der Waals surface area contributed by atoms with E-state index in [9.17, 15) is 18.8 Å². The van der Waals surface area contributed by atoms with Crippen LogP contribution in [0.5, 0.6) is 0 Å². The molecule has 2 aliphatic rings. The minimum atomic E-state index is -0.568. The van der Waals surface area contributed by atoms with Crippen molar-refractivity contribution in [1.29, 1.82) is 0 Å². The number of halogens is 1. The van der Waals surface area contributed by atoms with Crippen LogP contribution in [-0.4, -0.2) is 39.5 Å². The van der Waals surface area contributed by atoms with Gasteiger partial charge in [0.1, 0.15) is 16.7 Å². The normalized spacial score (nSPS) is 18.3. The van der Waals surface area contributed by atoms with E-state index in [1.165, 1.54) is 28.0 Å². The van der Waals surface area contributed by atoms with Crippen molar-refractivity contribution in [2.24, 2.45) is 0 Å². The lowest BCUT2D eigenvalue weighted by atomic mass is 10.1. The Morgan fingerprint density at radius 3 is 2.45 bits per heavy atom. The fourth-order valence-electron chi connectivity index (χ4n) is 3.53. The summed E-state index contributed by atoms with van der Waals surface area (Å²) in [4.78, 5) is 41.9. The summed E-state index contributed by atoms with van der Waals surface area (Å²) in [5, 5.41) is 2.49. The van der Waals surface area contributed by atoms with Gasteiger partial charge >= 0.3 is 0 Å². The largest absolute Gasteiger partial charge is 0.322 e. The van der Waals surface area contributed by atoms with E-state index in [-0.39, 0.29) is 34.7 Å². The minimum Gasteiger partial charge on any atom is -0.322 e. The van der Waals surface area contributed by atoms with E-state index in [1.54, 1.807) is 30.3 Å². The maximum absolute atomic E-state index is 13.9. The molecule has 2 aromatic carbocycles. The molecule has 9 heteroatoms. The summed E-state index contributed by atoms with van der Waals surface area (Å²) in [6.45, 7) is 3.38. The highest BCUT2D eigenvalue weighted by Crippen LogP contribution is 2.44. The fourth-order valence-corrected chi connectivity index (χ4v) is 5.12. The molecule has 6 nitrogen and oxygen atoms in total. The van der Waals surface area contributed by atoms with Gasteiger partial charge in [-0.1, -0.05) is 54.3 Å². The Hall–Kier alpha value is -3.04. The molecule has 1 fully saturated rings. The van der Waals surface area contributed by atoms with Crippen molar-refractivity contribution in [2.45, 2.75) is 19.9 Å². The lowest BCUT2D eigenvalue weighted by molar-refractivity contribution is -0.123. The smallest absolute Gasteiger partial charge is 0.267 e. The third-order valence-electron chi connectivity index (χ3n) is 4.92. The second-order valence-corrected chi connectivity index (χ2v) is 8.92. The standard InChI is InChI=1S/C22H18FN3O3S2/c1-12(2)26-21(29)19(31-22(26)30)18-13-7-3-6-10-16(13)25(20(18)28)11-17(27)24-15-9-5-4-8-14(15)23/h3-10,12H,11H2,1-2H3,(H,24,27). The van der Waals surface area contributed by atoms with E-state index in [0.717, 1.165) is 11.8 Å². The number of carbonyl (C=O) groups excluding carboxylic acids is 3. The summed E-state index contributed by atoms with van der Waals surface area (Å²) in [5.41, 5.74) is 1.34. The number of hydrogen-bond donors (Lipinski definition) is 1. The van der Waals surface area contributed by atoms with Gasteiger partial charge in [-0.05, 0) is 32.0 Å². The van der Waals surface area contributed by atoms with Crippen LogP contribution in [0.2, 0.25) is 0 Å². The number of amides is 3. The molecule has 1 N–H and O–H groups in total. The molecule has 4 rings (SSSR count). The number of fused-ring (bicyclic) bond motifs is 1. The molecule has 0 unspecified atom stereocenters. The molecule has 0 spiro atoms. The quantitative estimate of drug-likeness (QED) is 0.561. The van der Waals surface area contributed by atoms with Crippen molar-refractivity contribution < 1.29 is 18.8 Å². The van der Waals surface area contributed by atoms with Crippen molar-refractivity contribution >= 4 is 63.0 Å². The first kappa shape index (κ1) is 21.2. The molecule has 3 amide bonds. The number of anilines is 2. The van der Waals surface area contributed by atoms with Gasteiger partial charge in [-0.2, -0.15) is 0 Å². The summed E-state index contributed by atoms with van der Waals surface area (Å²) < 4.78 is 14.3.